The summed E-state index contributed by atoms with van der Waals surface area (Å²) in [5.74, 6) is 0.0420. The quantitative estimate of drug-likeness (QED) is 0.879. The molecular formula is C17H24O2. The zero-order valence-electron chi connectivity index (χ0n) is 12.1. The van der Waals surface area contributed by atoms with Crippen LogP contribution in [0.1, 0.15) is 55.2 Å². The Bertz CT molecular complexity index is 464. The van der Waals surface area contributed by atoms with Gasteiger partial charge in [-0.05, 0) is 56.1 Å². The van der Waals surface area contributed by atoms with Crippen molar-refractivity contribution in [2.45, 2.75) is 52.4 Å². The molecule has 3 unspecified atom stereocenters. The Kier molecular flexibility index (Phi) is 4.28. The Morgan fingerprint density at radius 3 is 2.68 bits per heavy atom. The van der Waals surface area contributed by atoms with E-state index in [0.717, 1.165) is 25.7 Å². The first kappa shape index (κ1) is 14.1. The molecule has 0 heterocycles. The van der Waals surface area contributed by atoms with Crippen molar-refractivity contribution in [3.05, 3.63) is 34.9 Å². The number of aryl methyl sites for hydroxylation is 2. The molecule has 0 spiro atoms. The van der Waals surface area contributed by atoms with Crippen molar-refractivity contribution < 1.29 is 9.90 Å². The predicted octanol–water partition coefficient (Wildman–Crippen LogP) is 4.30. The summed E-state index contributed by atoms with van der Waals surface area (Å²) in [5, 5.41) is 9.49. The topological polar surface area (TPSA) is 37.3 Å². The van der Waals surface area contributed by atoms with E-state index in [2.05, 4.69) is 39.0 Å². The molecule has 0 radical (unpaired) electrons. The molecule has 1 aliphatic carbocycles. The Hall–Kier alpha value is -1.31. The van der Waals surface area contributed by atoms with Crippen LogP contribution in [-0.4, -0.2) is 11.1 Å². The first-order valence-corrected chi connectivity index (χ1v) is 7.32. The van der Waals surface area contributed by atoms with Crippen LogP contribution in [0.25, 0.3) is 0 Å². The van der Waals surface area contributed by atoms with Crippen molar-refractivity contribution in [2.24, 2.45) is 11.8 Å². The van der Waals surface area contributed by atoms with E-state index in [1.165, 1.54) is 16.7 Å². The van der Waals surface area contributed by atoms with Gasteiger partial charge >= 0.3 is 5.97 Å². The Morgan fingerprint density at radius 1 is 1.32 bits per heavy atom. The minimum Gasteiger partial charge on any atom is -0.481 e. The minimum absolute atomic E-state index is 0.191. The number of hydrogen-bond donors (Lipinski definition) is 1. The average Bonchev–Trinajstić information content (AvgIpc) is 2.40. The van der Waals surface area contributed by atoms with Crippen LogP contribution >= 0.6 is 0 Å². The molecular weight excluding hydrogens is 236 g/mol. The average molecular weight is 260 g/mol. The third-order valence-corrected chi connectivity index (χ3v) is 4.69. The van der Waals surface area contributed by atoms with Gasteiger partial charge in [0.25, 0.3) is 0 Å². The number of carboxylic acid groups (broad SMARTS) is 1. The Morgan fingerprint density at radius 2 is 2.05 bits per heavy atom. The summed E-state index contributed by atoms with van der Waals surface area (Å²) >= 11 is 0. The van der Waals surface area contributed by atoms with Gasteiger partial charge in [0.2, 0.25) is 0 Å². The third kappa shape index (κ3) is 2.99. The SMILES string of the molecule is CCC1CCC(C(=O)O)C(c2cc(C)ccc2C)C1. The van der Waals surface area contributed by atoms with Crippen LogP contribution in [0.4, 0.5) is 0 Å². The standard InChI is InChI=1S/C17H24O2/c1-4-13-7-8-14(17(18)19)16(10-13)15-9-11(2)5-6-12(15)3/h5-6,9,13-14,16H,4,7-8,10H2,1-3H3,(H,18,19). The van der Waals surface area contributed by atoms with Crippen molar-refractivity contribution in [2.75, 3.05) is 0 Å². The third-order valence-electron chi connectivity index (χ3n) is 4.69. The summed E-state index contributed by atoms with van der Waals surface area (Å²) < 4.78 is 0. The molecule has 0 saturated heterocycles. The molecule has 2 rings (SSSR count). The number of aliphatic carboxylic acids is 1. The van der Waals surface area contributed by atoms with Crippen LogP contribution in [0.2, 0.25) is 0 Å². The normalized spacial score (nSPS) is 27.2. The molecule has 0 bridgehead atoms. The molecule has 0 aromatic heterocycles. The number of carboxylic acids is 1. The highest BCUT2D eigenvalue weighted by Gasteiger charge is 2.35. The largest absolute Gasteiger partial charge is 0.481 e. The zero-order chi connectivity index (χ0) is 14.0. The molecule has 2 heteroatoms. The second-order valence-corrected chi connectivity index (χ2v) is 6.00. The second-order valence-electron chi connectivity index (χ2n) is 6.00. The van der Waals surface area contributed by atoms with Crippen LogP contribution in [0.5, 0.6) is 0 Å². The summed E-state index contributed by atoms with van der Waals surface area (Å²) in [6, 6.07) is 6.42. The van der Waals surface area contributed by atoms with E-state index >= 15 is 0 Å². The number of hydrogen-bond acceptors (Lipinski definition) is 1. The van der Waals surface area contributed by atoms with E-state index in [1.54, 1.807) is 0 Å². The maximum absolute atomic E-state index is 11.5. The second kappa shape index (κ2) is 5.77. The monoisotopic (exact) mass is 260 g/mol. The molecule has 104 valence electrons. The fourth-order valence-electron chi connectivity index (χ4n) is 3.43. The zero-order valence-corrected chi connectivity index (χ0v) is 12.1. The molecule has 1 N–H and O–H groups in total. The number of benzene rings is 1. The molecule has 1 saturated carbocycles. The van der Waals surface area contributed by atoms with Gasteiger partial charge in [0.05, 0.1) is 5.92 Å². The lowest BCUT2D eigenvalue weighted by atomic mass is 9.69. The maximum atomic E-state index is 11.5. The van der Waals surface area contributed by atoms with Crippen molar-refractivity contribution in [3.8, 4) is 0 Å². The fraction of sp³-hybridized carbons (Fsp3) is 0.588. The first-order chi connectivity index (χ1) is 9.02. The first-order valence-electron chi connectivity index (χ1n) is 7.32. The number of rotatable bonds is 3. The van der Waals surface area contributed by atoms with Crippen molar-refractivity contribution in [1.82, 2.24) is 0 Å². The molecule has 0 amide bonds. The van der Waals surface area contributed by atoms with Crippen molar-refractivity contribution in [1.29, 1.82) is 0 Å². The molecule has 1 aromatic rings. The highest BCUT2D eigenvalue weighted by molar-refractivity contribution is 5.71. The summed E-state index contributed by atoms with van der Waals surface area (Å²) in [7, 11) is 0. The Labute approximate surface area is 115 Å². The molecule has 1 aromatic carbocycles. The number of carbonyl (C=O) groups is 1. The van der Waals surface area contributed by atoms with Gasteiger partial charge in [-0.1, -0.05) is 37.1 Å². The highest BCUT2D eigenvalue weighted by Crippen LogP contribution is 2.43. The molecule has 19 heavy (non-hydrogen) atoms. The van der Waals surface area contributed by atoms with Crippen LogP contribution in [0.15, 0.2) is 18.2 Å². The lowest BCUT2D eigenvalue weighted by Gasteiger charge is -2.34. The van der Waals surface area contributed by atoms with Crippen LogP contribution in [0.3, 0.4) is 0 Å². The molecule has 0 aliphatic heterocycles. The maximum Gasteiger partial charge on any atom is 0.307 e. The summed E-state index contributed by atoms with van der Waals surface area (Å²) in [4.78, 5) is 11.5. The van der Waals surface area contributed by atoms with Crippen molar-refractivity contribution in [3.63, 3.8) is 0 Å². The van der Waals surface area contributed by atoms with Gasteiger partial charge < -0.3 is 5.11 Å². The van der Waals surface area contributed by atoms with Crippen molar-refractivity contribution >= 4 is 5.97 Å². The van der Waals surface area contributed by atoms with Gasteiger partial charge in [0.1, 0.15) is 0 Å². The highest BCUT2D eigenvalue weighted by atomic mass is 16.4. The Balaban J connectivity index is 2.35. The smallest absolute Gasteiger partial charge is 0.307 e. The summed E-state index contributed by atoms with van der Waals surface area (Å²) in [6.45, 7) is 6.40. The van der Waals surface area contributed by atoms with Crippen LogP contribution in [0, 0.1) is 25.7 Å². The molecule has 3 atom stereocenters. The summed E-state index contributed by atoms with van der Waals surface area (Å²) in [6.07, 6.45) is 4.08. The fourth-order valence-corrected chi connectivity index (χ4v) is 3.43. The van der Waals surface area contributed by atoms with E-state index in [0.29, 0.717) is 5.92 Å². The van der Waals surface area contributed by atoms with Gasteiger partial charge in [-0.25, -0.2) is 0 Å². The molecule has 1 aliphatic rings. The van der Waals surface area contributed by atoms with Gasteiger partial charge in [0, 0.05) is 0 Å². The minimum atomic E-state index is -0.625. The molecule has 2 nitrogen and oxygen atoms in total. The van der Waals surface area contributed by atoms with Crippen LogP contribution < -0.4 is 0 Å². The van der Waals surface area contributed by atoms with Gasteiger partial charge in [0.15, 0.2) is 0 Å². The van der Waals surface area contributed by atoms with Crippen LogP contribution in [-0.2, 0) is 4.79 Å². The van der Waals surface area contributed by atoms with Gasteiger partial charge in [-0.3, -0.25) is 4.79 Å². The van der Waals surface area contributed by atoms with E-state index in [-0.39, 0.29) is 11.8 Å². The van der Waals surface area contributed by atoms with Gasteiger partial charge in [-0.2, -0.15) is 0 Å². The summed E-state index contributed by atoms with van der Waals surface area (Å²) in [5.41, 5.74) is 3.72. The lowest BCUT2D eigenvalue weighted by Crippen LogP contribution is -2.29. The lowest BCUT2D eigenvalue weighted by molar-refractivity contribution is -0.143. The predicted molar refractivity (Wildman–Crippen MR) is 77.4 cm³/mol. The van der Waals surface area contributed by atoms with E-state index in [9.17, 15) is 9.90 Å². The molecule has 1 fully saturated rings. The van der Waals surface area contributed by atoms with E-state index in [1.807, 2.05) is 0 Å². The van der Waals surface area contributed by atoms with Gasteiger partial charge in [-0.15, -0.1) is 0 Å². The van der Waals surface area contributed by atoms with E-state index in [4.69, 9.17) is 0 Å². The van der Waals surface area contributed by atoms with E-state index < -0.39 is 5.97 Å².